The first kappa shape index (κ1) is 33.4. The van der Waals surface area contributed by atoms with Gasteiger partial charge in [-0.3, -0.25) is 29.4 Å². The number of nitrogens with zero attached hydrogens (tertiary/aromatic N) is 2. The molecule has 0 aromatic heterocycles. The predicted octanol–water partition coefficient (Wildman–Crippen LogP) is 1.49. The number of aliphatic hydroxyl groups excluding tert-OH is 2. The van der Waals surface area contributed by atoms with E-state index >= 15 is 0 Å². The van der Waals surface area contributed by atoms with Crippen LogP contribution >= 0.6 is 0 Å². The Labute approximate surface area is 271 Å². The molecule has 3 aliphatic carbocycles. The van der Waals surface area contributed by atoms with Gasteiger partial charge in [0.2, 0.25) is 11.7 Å². The second kappa shape index (κ2) is 12.3. The van der Waals surface area contributed by atoms with Gasteiger partial charge >= 0.3 is 0 Å². The molecule has 3 aliphatic rings. The van der Waals surface area contributed by atoms with Gasteiger partial charge in [0.25, 0.3) is 5.91 Å². The fourth-order valence-corrected chi connectivity index (χ4v) is 7.05. The number of anilines is 2. The number of nitrogens with one attached hydrogen (secondary N) is 2. The monoisotopic (exact) mass is 645 g/mol. The number of benzene rings is 2. The molecule has 2 amide bonds. The molecule has 4 unspecified atom stereocenters. The molecule has 8 N–H and O–H groups in total. The van der Waals surface area contributed by atoms with Crippen molar-refractivity contribution in [2.24, 2.45) is 17.6 Å². The summed E-state index contributed by atoms with van der Waals surface area (Å²) in [5.74, 6) is -7.91. The lowest BCUT2D eigenvalue weighted by molar-refractivity contribution is -0.153. The average molecular weight is 646 g/mol. The fourth-order valence-electron chi connectivity index (χ4n) is 7.05. The first-order valence-electron chi connectivity index (χ1n) is 15.1. The number of ketones is 2. The lowest BCUT2D eigenvalue weighted by Gasteiger charge is -2.50. The van der Waals surface area contributed by atoms with E-state index in [0.29, 0.717) is 17.7 Å². The molecule has 13 nitrogen and oxygen atoms in total. The van der Waals surface area contributed by atoms with Crippen LogP contribution in [0.15, 0.2) is 66.0 Å². The molecular weight excluding hydrogens is 606 g/mol. The molecule has 0 spiro atoms. The number of primary amides is 1. The lowest BCUT2D eigenvalue weighted by atomic mass is 9.57. The molecule has 248 valence electrons. The Bertz CT molecular complexity index is 1750. The minimum absolute atomic E-state index is 0.0196. The van der Waals surface area contributed by atoms with Crippen LogP contribution in [0.1, 0.15) is 29.2 Å². The van der Waals surface area contributed by atoms with Gasteiger partial charge in [-0.2, -0.15) is 0 Å². The smallest absolute Gasteiger partial charge is 0.255 e. The van der Waals surface area contributed by atoms with Crippen molar-refractivity contribution in [2.45, 2.75) is 30.5 Å². The molecular formula is C34H39N5O8. The summed E-state index contributed by atoms with van der Waals surface area (Å²) in [5, 5.41) is 51.5. The highest BCUT2D eigenvalue weighted by atomic mass is 16.3. The Morgan fingerprint density at radius 2 is 1.74 bits per heavy atom. The first-order chi connectivity index (χ1) is 22.1. The van der Waals surface area contributed by atoms with E-state index in [9.17, 15) is 39.6 Å². The number of carbonyl (C=O) groups excluding carboxylic acids is 4. The first-order valence-corrected chi connectivity index (χ1v) is 15.1. The van der Waals surface area contributed by atoms with Crippen LogP contribution < -0.4 is 21.3 Å². The standard InChI is InChI=1S/C34H39N5O8/c1-6-13-36-25(16-7-10-19(11-8-16)38(2)3)33(46)37-21-12-9-17-14-18-15-20-26(39(4)5)29(42)24(32(35)45)31(44)34(20,47)30(43)23(18)28(41)22(17)27(21)40/h6-12,18,20,25-26,36,40-41,44,47H,1,13-15H2,2-5H3,(H2,35,45)(H,37,46)/t18?,20?,25?,26-,34?/m0/s1. The van der Waals surface area contributed by atoms with Gasteiger partial charge in [0.1, 0.15) is 28.9 Å². The largest absolute Gasteiger partial charge is 0.508 e. The quantitative estimate of drug-likeness (QED) is 0.118. The number of Topliss-reactive ketones (excluding diaryl/α,β-unsaturated/α-hetero) is 2. The van der Waals surface area contributed by atoms with Crippen LogP contribution in [-0.2, 0) is 25.6 Å². The van der Waals surface area contributed by atoms with Crippen LogP contribution in [0, 0.1) is 11.8 Å². The number of aliphatic hydroxyl groups is 3. The predicted molar refractivity (Wildman–Crippen MR) is 175 cm³/mol. The molecule has 0 heterocycles. The van der Waals surface area contributed by atoms with E-state index in [-0.39, 0.29) is 29.7 Å². The van der Waals surface area contributed by atoms with Crippen LogP contribution in [0.25, 0.3) is 5.76 Å². The van der Waals surface area contributed by atoms with Crippen LogP contribution in [-0.4, -0.2) is 95.1 Å². The number of nitrogens with two attached hydrogens (primary N) is 1. The van der Waals surface area contributed by atoms with Gasteiger partial charge in [-0.15, -0.1) is 6.58 Å². The number of amides is 2. The van der Waals surface area contributed by atoms with Gasteiger partial charge in [0.15, 0.2) is 11.4 Å². The normalized spacial score (nSPS) is 24.3. The molecule has 5 atom stereocenters. The van der Waals surface area contributed by atoms with Crippen molar-refractivity contribution in [3.05, 3.63) is 82.6 Å². The van der Waals surface area contributed by atoms with Crippen molar-refractivity contribution in [1.82, 2.24) is 10.2 Å². The van der Waals surface area contributed by atoms with Gasteiger partial charge in [-0.1, -0.05) is 24.3 Å². The summed E-state index contributed by atoms with van der Waals surface area (Å²) in [4.78, 5) is 56.4. The van der Waals surface area contributed by atoms with Crippen LogP contribution in [0.2, 0.25) is 0 Å². The molecule has 2 aromatic carbocycles. The fraction of sp³-hybridized carbons (Fsp3) is 0.353. The number of rotatable bonds is 9. The Balaban J connectivity index is 1.54. The van der Waals surface area contributed by atoms with Crippen molar-refractivity contribution in [3.63, 3.8) is 0 Å². The summed E-state index contributed by atoms with van der Waals surface area (Å²) >= 11 is 0. The summed E-state index contributed by atoms with van der Waals surface area (Å²) in [6.07, 6.45) is 1.72. The molecule has 0 bridgehead atoms. The molecule has 1 saturated carbocycles. The Morgan fingerprint density at radius 1 is 1.09 bits per heavy atom. The summed E-state index contributed by atoms with van der Waals surface area (Å²) in [6.45, 7) is 4.01. The number of hydrogen-bond acceptors (Lipinski definition) is 11. The van der Waals surface area contributed by atoms with E-state index in [2.05, 4.69) is 17.2 Å². The molecule has 47 heavy (non-hydrogen) atoms. The average Bonchev–Trinajstić information content (AvgIpc) is 3.00. The second-order valence-corrected chi connectivity index (χ2v) is 12.6. The third-order valence-corrected chi connectivity index (χ3v) is 9.32. The molecule has 5 rings (SSSR count). The highest BCUT2D eigenvalue weighted by molar-refractivity contribution is 6.24. The summed E-state index contributed by atoms with van der Waals surface area (Å²) in [5.41, 5.74) is 3.38. The number of aromatic hydroxyl groups is 1. The molecule has 0 saturated heterocycles. The van der Waals surface area contributed by atoms with Crippen LogP contribution in [0.4, 0.5) is 11.4 Å². The van der Waals surface area contributed by atoms with E-state index in [4.69, 9.17) is 5.73 Å². The molecule has 0 aliphatic heterocycles. The number of carbonyl (C=O) groups is 4. The maximum Gasteiger partial charge on any atom is 0.255 e. The number of phenols is 1. The van der Waals surface area contributed by atoms with Crippen LogP contribution in [0.5, 0.6) is 5.75 Å². The van der Waals surface area contributed by atoms with Crippen LogP contribution in [0.3, 0.4) is 0 Å². The van der Waals surface area contributed by atoms with Crippen molar-refractivity contribution < 1.29 is 39.6 Å². The summed E-state index contributed by atoms with van der Waals surface area (Å²) < 4.78 is 0. The van der Waals surface area contributed by atoms with E-state index in [0.717, 1.165) is 5.69 Å². The molecule has 1 fully saturated rings. The Morgan fingerprint density at radius 3 is 2.32 bits per heavy atom. The van der Waals surface area contributed by atoms with E-state index in [1.807, 2.05) is 31.1 Å². The molecule has 13 heteroatoms. The lowest BCUT2D eigenvalue weighted by Crippen LogP contribution is -2.65. The summed E-state index contributed by atoms with van der Waals surface area (Å²) in [6, 6.07) is 8.44. The van der Waals surface area contributed by atoms with Gasteiger partial charge in [0.05, 0.1) is 17.3 Å². The SMILES string of the molecule is C=CCNC(C(=O)Nc1ccc2c(c1O)C(O)=C1C(=O)C3(O)C(O)=C(C(N)=O)C(=O)[C@@H](N(C)C)C3CC1C2)c1ccc(N(C)C)cc1. The minimum atomic E-state index is -2.74. The maximum atomic E-state index is 14.1. The minimum Gasteiger partial charge on any atom is -0.508 e. The topological polar surface area (TPSA) is 206 Å². The molecule has 2 aromatic rings. The highest BCUT2D eigenvalue weighted by Gasteiger charge is 2.64. The maximum absolute atomic E-state index is 14.1. The van der Waals surface area contributed by atoms with Gasteiger partial charge < -0.3 is 36.4 Å². The zero-order valence-corrected chi connectivity index (χ0v) is 26.6. The highest BCUT2D eigenvalue weighted by Crippen LogP contribution is 2.53. The van der Waals surface area contributed by atoms with Crippen molar-refractivity contribution in [1.29, 1.82) is 0 Å². The third-order valence-electron chi connectivity index (χ3n) is 9.32. The van der Waals surface area contributed by atoms with E-state index in [1.165, 1.54) is 25.1 Å². The number of hydrogen-bond donors (Lipinski definition) is 7. The zero-order chi connectivity index (χ0) is 34.5. The van der Waals surface area contributed by atoms with Gasteiger partial charge in [0, 0.05) is 37.8 Å². The summed E-state index contributed by atoms with van der Waals surface area (Å²) in [7, 11) is 6.87. The Kier molecular flexibility index (Phi) is 8.75. The number of phenolic OH excluding ortho intramolecular Hbond substituents is 1. The number of fused-ring (bicyclic) bond motifs is 3. The number of likely N-dealkylation sites (N-methyl/N-ethyl adjacent to an activating group) is 1. The van der Waals surface area contributed by atoms with Gasteiger partial charge in [-0.05, 0) is 62.2 Å². The second-order valence-electron chi connectivity index (χ2n) is 12.6. The molecule has 0 radical (unpaired) electrons. The Hall–Kier alpha value is -4.98. The van der Waals surface area contributed by atoms with Crippen molar-refractivity contribution >= 4 is 40.5 Å². The zero-order valence-electron chi connectivity index (χ0n) is 26.6. The third kappa shape index (κ3) is 5.35. The van der Waals surface area contributed by atoms with E-state index in [1.54, 1.807) is 24.3 Å². The van der Waals surface area contributed by atoms with Gasteiger partial charge in [-0.25, -0.2) is 0 Å². The van der Waals surface area contributed by atoms with E-state index < -0.39 is 75.7 Å². The van der Waals surface area contributed by atoms with Crippen molar-refractivity contribution in [3.8, 4) is 5.75 Å². The van der Waals surface area contributed by atoms with Crippen molar-refractivity contribution in [2.75, 3.05) is 45.0 Å².